The molecule has 1 aromatic heterocycles. The summed E-state index contributed by atoms with van der Waals surface area (Å²) in [6.07, 6.45) is 1.97. The molecule has 21 heavy (non-hydrogen) atoms. The minimum Gasteiger partial charge on any atom is -0.383 e. The molecule has 0 spiro atoms. The quantitative estimate of drug-likeness (QED) is 0.815. The first-order chi connectivity index (χ1) is 10.3. The second-order valence-corrected chi connectivity index (χ2v) is 4.57. The molecule has 0 aliphatic rings. The Morgan fingerprint density at radius 2 is 2.14 bits per heavy atom. The average molecular weight is 283 g/mol. The van der Waals surface area contributed by atoms with Crippen LogP contribution in [0.2, 0.25) is 0 Å². The number of carbonyl (C=O) groups excluding carboxylic acids is 1. The van der Waals surface area contributed by atoms with Crippen molar-refractivity contribution in [2.24, 2.45) is 0 Å². The van der Waals surface area contributed by atoms with Gasteiger partial charge in [-0.25, -0.2) is 0 Å². The van der Waals surface area contributed by atoms with Gasteiger partial charge in [0.05, 0.1) is 30.2 Å². The standard InChI is InChI=1S/C16H17N3O2/c1-21-12-11-19(10-4-8-17)16(20)14-7-2-5-13-6-3-9-18-15(13)14/h2-3,5-7,9H,4,10-12H2,1H3. The lowest BCUT2D eigenvalue weighted by atomic mass is 10.1. The number of pyridine rings is 1. The van der Waals surface area contributed by atoms with E-state index in [4.69, 9.17) is 10.00 Å². The molecular weight excluding hydrogens is 266 g/mol. The first-order valence-electron chi connectivity index (χ1n) is 6.77. The molecule has 0 saturated carbocycles. The number of benzene rings is 1. The number of hydrogen-bond acceptors (Lipinski definition) is 4. The summed E-state index contributed by atoms with van der Waals surface area (Å²) in [5.74, 6) is -0.119. The van der Waals surface area contributed by atoms with Crippen molar-refractivity contribution in [1.82, 2.24) is 9.88 Å². The lowest BCUT2D eigenvalue weighted by Gasteiger charge is -2.21. The number of para-hydroxylation sites is 1. The topological polar surface area (TPSA) is 66.2 Å². The van der Waals surface area contributed by atoms with Crippen LogP contribution in [0, 0.1) is 11.3 Å². The van der Waals surface area contributed by atoms with Crippen molar-refractivity contribution < 1.29 is 9.53 Å². The van der Waals surface area contributed by atoms with Crippen LogP contribution in [-0.4, -0.2) is 42.6 Å². The summed E-state index contributed by atoms with van der Waals surface area (Å²) in [5, 5.41) is 9.66. The molecule has 0 aliphatic carbocycles. The summed E-state index contributed by atoms with van der Waals surface area (Å²) in [4.78, 5) is 18.6. The SMILES string of the molecule is COCCN(CCC#N)C(=O)c1cccc2cccnc12. The second kappa shape index (κ2) is 7.36. The highest BCUT2D eigenvalue weighted by Gasteiger charge is 2.18. The summed E-state index contributed by atoms with van der Waals surface area (Å²) in [7, 11) is 1.59. The maximum atomic E-state index is 12.7. The van der Waals surface area contributed by atoms with Gasteiger partial charge in [-0.2, -0.15) is 5.26 Å². The van der Waals surface area contributed by atoms with E-state index in [1.165, 1.54) is 0 Å². The molecule has 0 unspecified atom stereocenters. The van der Waals surface area contributed by atoms with Crippen LogP contribution in [0.5, 0.6) is 0 Å². The average Bonchev–Trinajstić information content (AvgIpc) is 2.54. The maximum Gasteiger partial charge on any atom is 0.256 e. The zero-order valence-electron chi connectivity index (χ0n) is 12.0. The number of rotatable bonds is 6. The van der Waals surface area contributed by atoms with Crippen molar-refractivity contribution >= 4 is 16.8 Å². The molecule has 0 bridgehead atoms. The highest BCUT2D eigenvalue weighted by atomic mass is 16.5. The molecule has 1 aromatic carbocycles. The fourth-order valence-corrected chi connectivity index (χ4v) is 2.15. The zero-order valence-corrected chi connectivity index (χ0v) is 12.0. The third-order valence-corrected chi connectivity index (χ3v) is 3.21. The number of amides is 1. The molecule has 0 radical (unpaired) electrons. The minimum absolute atomic E-state index is 0.119. The van der Waals surface area contributed by atoms with Crippen molar-refractivity contribution in [3.05, 3.63) is 42.1 Å². The molecule has 2 rings (SSSR count). The summed E-state index contributed by atoms with van der Waals surface area (Å²) < 4.78 is 5.03. The Bertz CT molecular complexity index is 659. The van der Waals surface area contributed by atoms with Crippen LogP contribution < -0.4 is 0 Å². The van der Waals surface area contributed by atoms with E-state index in [1.54, 1.807) is 24.3 Å². The number of nitriles is 1. The smallest absolute Gasteiger partial charge is 0.256 e. The van der Waals surface area contributed by atoms with Gasteiger partial charge in [0.2, 0.25) is 0 Å². The van der Waals surface area contributed by atoms with E-state index in [9.17, 15) is 4.79 Å². The van der Waals surface area contributed by atoms with Gasteiger partial charge in [0.25, 0.3) is 5.91 Å². The van der Waals surface area contributed by atoms with E-state index in [0.29, 0.717) is 37.2 Å². The van der Waals surface area contributed by atoms with Gasteiger partial charge < -0.3 is 9.64 Å². The van der Waals surface area contributed by atoms with E-state index >= 15 is 0 Å². The van der Waals surface area contributed by atoms with E-state index in [1.807, 2.05) is 24.3 Å². The second-order valence-electron chi connectivity index (χ2n) is 4.57. The van der Waals surface area contributed by atoms with Gasteiger partial charge in [-0.05, 0) is 12.1 Å². The molecule has 0 N–H and O–H groups in total. The molecule has 5 heteroatoms. The van der Waals surface area contributed by atoms with E-state index in [2.05, 4.69) is 11.1 Å². The van der Waals surface area contributed by atoms with Gasteiger partial charge in [0, 0.05) is 31.8 Å². The highest BCUT2D eigenvalue weighted by Crippen LogP contribution is 2.17. The normalized spacial score (nSPS) is 10.3. The summed E-state index contributed by atoms with van der Waals surface area (Å²) >= 11 is 0. The van der Waals surface area contributed by atoms with Crippen molar-refractivity contribution in [3.8, 4) is 6.07 Å². The number of aromatic nitrogens is 1. The van der Waals surface area contributed by atoms with Gasteiger partial charge in [-0.3, -0.25) is 9.78 Å². The van der Waals surface area contributed by atoms with Gasteiger partial charge >= 0.3 is 0 Å². The van der Waals surface area contributed by atoms with Crippen molar-refractivity contribution in [3.63, 3.8) is 0 Å². The Labute approximate surface area is 123 Å². The van der Waals surface area contributed by atoms with Crippen LogP contribution in [0.4, 0.5) is 0 Å². The molecule has 0 atom stereocenters. The predicted molar refractivity (Wildman–Crippen MR) is 79.8 cm³/mol. The Hall–Kier alpha value is -2.45. The summed E-state index contributed by atoms with van der Waals surface area (Å²) in [5.41, 5.74) is 1.24. The highest BCUT2D eigenvalue weighted by molar-refractivity contribution is 6.05. The van der Waals surface area contributed by atoms with Crippen LogP contribution in [0.25, 0.3) is 10.9 Å². The van der Waals surface area contributed by atoms with Gasteiger partial charge in [-0.1, -0.05) is 18.2 Å². The molecule has 1 heterocycles. The molecule has 2 aromatic rings. The molecule has 0 aliphatic heterocycles. The van der Waals surface area contributed by atoms with Crippen molar-refractivity contribution in [2.45, 2.75) is 6.42 Å². The van der Waals surface area contributed by atoms with Gasteiger partial charge in [-0.15, -0.1) is 0 Å². The van der Waals surface area contributed by atoms with Gasteiger partial charge in [0.15, 0.2) is 0 Å². The number of carbonyl (C=O) groups is 1. The fraction of sp³-hybridized carbons (Fsp3) is 0.312. The number of methoxy groups -OCH3 is 1. The summed E-state index contributed by atoms with van der Waals surface area (Å²) in [6, 6.07) is 11.4. The molecule has 1 amide bonds. The van der Waals surface area contributed by atoms with Crippen LogP contribution >= 0.6 is 0 Å². The largest absolute Gasteiger partial charge is 0.383 e. The maximum absolute atomic E-state index is 12.7. The van der Waals surface area contributed by atoms with E-state index < -0.39 is 0 Å². The Kier molecular flexibility index (Phi) is 5.24. The fourth-order valence-electron chi connectivity index (χ4n) is 2.15. The Morgan fingerprint density at radius 1 is 1.33 bits per heavy atom. The lowest BCUT2D eigenvalue weighted by molar-refractivity contribution is 0.0701. The molecular formula is C16H17N3O2. The number of fused-ring (bicyclic) bond motifs is 1. The van der Waals surface area contributed by atoms with Crippen LogP contribution in [0.1, 0.15) is 16.8 Å². The molecule has 5 nitrogen and oxygen atoms in total. The third-order valence-electron chi connectivity index (χ3n) is 3.21. The monoisotopic (exact) mass is 283 g/mol. The number of ether oxygens (including phenoxy) is 1. The van der Waals surface area contributed by atoms with Crippen LogP contribution in [-0.2, 0) is 4.74 Å². The first kappa shape index (κ1) is 14.9. The zero-order chi connectivity index (χ0) is 15.1. The predicted octanol–water partition coefficient (Wildman–Crippen LogP) is 2.24. The molecule has 108 valence electrons. The van der Waals surface area contributed by atoms with Crippen molar-refractivity contribution in [2.75, 3.05) is 26.8 Å². The van der Waals surface area contributed by atoms with Crippen LogP contribution in [0.15, 0.2) is 36.5 Å². The first-order valence-corrected chi connectivity index (χ1v) is 6.77. The number of hydrogen-bond donors (Lipinski definition) is 0. The Morgan fingerprint density at radius 3 is 2.90 bits per heavy atom. The molecule has 0 fully saturated rings. The van der Waals surface area contributed by atoms with E-state index in [-0.39, 0.29) is 5.91 Å². The lowest BCUT2D eigenvalue weighted by Crippen LogP contribution is -2.34. The minimum atomic E-state index is -0.119. The molecule has 0 saturated heterocycles. The Balaban J connectivity index is 2.31. The number of nitrogens with zero attached hydrogens (tertiary/aromatic N) is 3. The van der Waals surface area contributed by atoms with E-state index in [0.717, 1.165) is 5.39 Å². The van der Waals surface area contributed by atoms with Crippen LogP contribution in [0.3, 0.4) is 0 Å². The third kappa shape index (κ3) is 3.56. The van der Waals surface area contributed by atoms with Crippen molar-refractivity contribution in [1.29, 1.82) is 5.26 Å². The summed E-state index contributed by atoms with van der Waals surface area (Å²) in [6.45, 7) is 1.29. The van der Waals surface area contributed by atoms with Gasteiger partial charge in [0.1, 0.15) is 0 Å².